The standard InChI is InChI=1S/C11H8ClN3O/c1-7-5-11(15-14-7)16-10-4-2-3-9(12)8(10)6-13/h2-5H,1H3,(H,14,15). The fraction of sp³-hybridized carbons (Fsp3) is 0.0909. The van der Waals surface area contributed by atoms with Gasteiger partial charge in [-0.05, 0) is 19.1 Å². The van der Waals surface area contributed by atoms with Crippen LogP contribution < -0.4 is 4.74 Å². The molecular weight excluding hydrogens is 226 g/mol. The zero-order valence-electron chi connectivity index (χ0n) is 8.49. The number of benzene rings is 1. The lowest BCUT2D eigenvalue weighted by atomic mass is 10.2. The van der Waals surface area contributed by atoms with Crippen molar-refractivity contribution in [3.8, 4) is 17.7 Å². The van der Waals surface area contributed by atoms with Crippen LogP contribution in [0.25, 0.3) is 0 Å². The zero-order chi connectivity index (χ0) is 11.5. The lowest BCUT2D eigenvalue weighted by Crippen LogP contribution is -1.89. The van der Waals surface area contributed by atoms with Gasteiger partial charge in [0.15, 0.2) is 0 Å². The molecule has 4 nitrogen and oxygen atoms in total. The van der Waals surface area contributed by atoms with Crippen LogP contribution in [0.5, 0.6) is 11.6 Å². The average Bonchev–Trinajstić information content (AvgIpc) is 2.64. The van der Waals surface area contributed by atoms with E-state index in [1.807, 2.05) is 13.0 Å². The third kappa shape index (κ3) is 2.00. The molecule has 0 spiro atoms. The van der Waals surface area contributed by atoms with Gasteiger partial charge in [0.2, 0.25) is 5.88 Å². The van der Waals surface area contributed by atoms with Crippen LogP contribution in [-0.2, 0) is 0 Å². The van der Waals surface area contributed by atoms with E-state index in [0.29, 0.717) is 22.2 Å². The predicted octanol–water partition coefficient (Wildman–Crippen LogP) is 3.04. The quantitative estimate of drug-likeness (QED) is 0.867. The number of aromatic amines is 1. The number of ether oxygens (including phenoxy) is 1. The summed E-state index contributed by atoms with van der Waals surface area (Å²) in [5, 5.41) is 16.0. The summed E-state index contributed by atoms with van der Waals surface area (Å²) in [5.41, 5.74) is 1.19. The molecule has 0 saturated heterocycles. The van der Waals surface area contributed by atoms with Gasteiger partial charge in [-0.1, -0.05) is 17.7 Å². The van der Waals surface area contributed by atoms with Crippen LogP contribution in [0.3, 0.4) is 0 Å². The summed E-state index contributed by atoms with van der Waals surface area (Å²) in [6.45, 7) is 1.86. The van der Waals surface area contributed by atoms with Gasteiger partial charge in [-0.15, -0.1) is 5.10 Å². The maximum atomic E-state index is 8.94. The second-order valence-corrected chi connectivity index (χ2v) is 3.62. The molecule has 0 bridgehead atoms. The van der Waals surface area contributed by atoms with Gasteiger partial charge in [-0.2, -0.15) is 5.26 Å². The van der Waals surface area contributed by atoms with Crippen molar-refractivity contribution in [2.45, 2.75) is 6.92 Å². The number of nitrogens with one attached hydrogen (secondary N) is 1. The Bertz CT molecular complexity index is 557. The Balaban J connectivity index is 2.35. The highest BCUT2D eigenvalue weighted by Crippen LogP contribution is 2.28. The number of nitrogens with zero attached hydrogens (tertiary/aromatic N) is 2. The Morgan fingerprint density at radius 1 is 1.50 bits per heavy atom. The third-order valence-electron chi connectivity index (χ3n) is 1.98. The summed E-state index contributed by atoms with van der Waals surface area (Å²) in [7, 11) is 0. The van der Waals surface area contributed by atoms with E-state index in [2.05, 4.69) is 10.2 Å². The molecule has 0 amide bonds. The molecule has 1 aromatic carbocycles. The summed E-state index contributed by atoms with van der Waals surface area (Å²) < 4.78 is 5.45. The fourth-order valence-electron chi connectivity index (χ4n) is 1.26. The van der Waals surface area contributed by atoms with E-state index in [-0.39, 0.29) is 0 Å². The molecule has 2 rings (SSSR count). The van der Waals surface area contributed by atoms with Crippen LogP contribution in [0, 0.1) is 18.3 Å². The van der Waals surface area contributed by atoms with E-state index in [1.165, 1.54) is 0 Å². The van der Waals surface area contributed by atoms with E-state index < -0.39 is 0 Å². The van der Waals surface area contributed by atoms with Crippen LogP contribution in [0.1, 0.15) is 11.3 Å². The average molecular weight is 234 g/mol. The first-order chi connectivity index (χ1) is 7.70. The van der Waals surface area contributed by atoms with Crippen LogP contribution >= 0.6 is 11.6 Å². The van der Waals surface area contributed by atoms with Gasteiger partial charge in [-0.25, -0.2) is 0 Å². The number of aromatic nitrogens is 2. The molecule has 0 aliphatic rings. The van der Waals surface area contributed by atoms with Crippen molar-refractivity contribution in [2.24, 2.45) is 0 Å². The molecule has 1 heterocycles. The first-order valence-corrected chi connectivity index (χ1v) is 4.97. The molecule has 0 radical (unpaired) electrons. The summed E-state index contributed by atoms with van der Waals surface area (Å²) in [6.07, 6.45) is 0. The molecule has 80 valence electrons. The SMILES string of the molecule is Cc1cc(Oc2cccc(Cl)c2C#N)n[nH]1. The van der Waals surface area contributed by atoms with Crippen LogP contribution in [0.2, 0.25) is 5.02 Å². The van der Waals surface area contributed by atoms with Gasteiger partial charge in [-0.3, -0.25) is 5.10 Å². The van der Waals surface area contributed by atoms with Gasteiger partial charge < -0.3 is 4.74 Å². The summed E-state index contributed by atoms with van der Waals surface area (Å²) >= 11 is 5.87. The number of hydrogen-bond donors (Lipinski definition) is 1. The summed E-state index contributed by atoms with van der Waals surface area (Å²) in [5.74, 6) is 0.817. The Hall–Kier alpha value is -1.99. The van der Waals surface area contributed by atoms with E-state index >= 15 is 0 Å². The van der Waals surface area contributed by atoms with E-state index in [4.69, 9.17) is 21.6 Å². The number of aryl methyl sites for hydroxylation is 1. The van der Waals surface area contributed by atoms with E-state index in [0.717, 1.165) is 5.69 Å². The Morgan fingerprint density at radius 3 is 2.94 bits per heavy atom. The first-order valence-electron chi connectivity index (χ1n) is 4.59. The van der Waals surface area contributed by atoms with Gasteiger partial charge in [0, 0.05) is 11.8 Å². The molecule has 5 heteroatoms. The molecule has 0 aliphatic carbocycles. The maximum Gasteiger partial charge on any atom is 0.238 e. The number of halogens is 1. The van der Waals surface area contributed by atoms with Crippen molar-refractivity contribution in [1.29, 1.82) is 5.26 Å². The lowest BCUT2D eigenvalue weighted by Gasteiger charge is -2.04. The highest BCUT2D eigenvalue weighted by molar-refractivity contribution is 6.31. The van der Waals surface area contributed by atoms with Gasteiger partial charge >= 0.3 is 0 Å². The monoisotopic (exact) mass is 233 g/mol. The topological polar surface area (TPSA) is 61.7 Å². The molecule has 0 unspecified atom stereocenters. The first kappa shape index (κ1) is 10.5. The smallest absolute Gasteiger partial charge is 0.238 e. The Kier molecular flexibility index (Phi) is 2.80. The molecule has 16 heavy (non-hydrogen) atoms. The van der Waals surface area contributed by atoms with Gasteiger partial charge in [0.05, 0.1) is 5.02 Å². The number of nitriles is 1. The minimum atomic E-state index is 0.310. The van der Waals surface area contributed by atoms with E-state index in [1.54, 1.807) is 24.3 Å². The summed E-state index contributed by atoms with van der Waals surface area (Å²) in [6, 6.07) is 8.77. The minimum Gasteiger partial charge on any atom is -0.436 e. The number of H-pyrrole nitrogens is 1. The Labute approximate surface area is 97.4 Å². The molecule has 0 atom stereocenters. The van der Waals surface area contributed by atoms with Gasteiger partial charge in [0.1, 0.15) is 17.4 Å². The molecule has 1 aromatic heterocycles. The molecule has 0 aliphatic heterocycles. The van der Waals surface area contributed by atoms with Crippen molar-refractivity contribution < 1.29 is 4.74 Å². The normalized spacial score (nSPS) is 9.81. The molecule has 2 aromatic rings. The number of rotatable bonds is 2. The zero-order valence-corrected chi connectivity index (χ0v) is 9.25. The molecule has 0 saturated carbocycles. The molecular formula is C11H8ClN3O. The van der Waals surface area contributed by atoms with Gasteiger partial charge in [0.25, 0.3) is 0 Å². The largest absolute Gasteiger partial charge is 0.436 e. The fourth-order valence-corrected chi connectivity index (χ4v) is 1.46. The highest BCUT2D eigenvalue weighted by Gasteiger charge is 2.09. The minimum absolute atomic E-state index is 0.310. The lowest BCUT2D eigenvalue weighted by molar-refractivity contribution is 0.460. The van der Waals surface area contributed by atoms with Crippen LogP contribution in [0.4, 0.5) is 0 Å². The van der Waals surface area contributed by atoms with Crippen molar-refractivity contribution in [3.63, 3.8) is 0 Å². The molecule has 1 N–H and O–H groups in total. The second kappa shape index (κ2) is 4.25. The Morgan fingerprint density at radius 2 is 2.31 bits per heavy atom. The third-order valence-corrected chi connectivity index (χ3v) is 2.30. The van der Waals surface area contributed by atoms with Crippen molar-refractivity contribution in [3.05, 3.63) is 40.5 Å². The molecule has 0 fully saturated rings. The van der Waals surface area contributed by atoms with Crippen LogP contribution in [0.15, 0.2) is 24.3 Å². The van der Waals surface area contributed by atoms with Crippen molar-refractivity contribution >= 4 is 11.6 Å². The van der Waals surface area contributed by atoms with Crippen molar-refractivity contribution in [1.82, 2.24) is 10.2 Å². The maximum absolute atomic E-state index is 8.94. The highest BCUT2D eigenvalue weighted by atomic mass is 35.5. The summed E-state index contributed by atoms with van der Waals surface area (Å²) in [4.78, 5) is 0. The second-order valence-electron chi connectivity index (χ2n) is 3.22. The van der Waals surface area contributed by atoms with Crippen molar-refractivity contribution in [2.75, 3.05) is 0 Å². The van der Waals surface area contributed by atoms with Crippen LogP contribution in [-0.4, -0.2) is 10.2 Å². The predicted molar refractivity (Wildman–Crippen MR) is 59.6 cm³/mol. The number of hydrogen-bond acceptors (Lipinski definition) is 3. The van der Waals surface area contributed by atoms with E-state index in [9.17, 15) is 0 Å².